The maximum atomic E-state index is 13.4. The molecule has 7 nitrogen and oxygen atoms in total. The molecule has 36 heavy (non-hydrogen) atoms. The number of hydrogen-bond acceptors (Lipinski definition) is 4. The van der Waals surface area contributed by atoms with Gasteiger partial charge in [-0.05, 0) is 48.7 Å². The third-order valence-electron chi connectivity index (χ3n) is 5.34. The third-order valence-corrected chi connectivity index (χ3v) is 6.48. The number of carbonyl (C=O) groups excluding carboxylic acids is 2. The first-order valence-corrected chi connectivity index (χ1v) is 13.1. The lowest BCUT2D eigenvalue weighted by Gasteiger charge is -2.33. The van der Waals surface area contributed by atoms with Crippen molar-refractivity contribution < 1.29 is 35.6 Å². The third kappa shape index (κ3) is 7.94. The molecule has 0 heterocycles. The monoisotopic (exact) mass is 531 g/mol. The van der Waals surface area contributed by atoms with Crippen molar-refractivity contribution in [1.82, 2.24) is 10.2 Å². The normalized spacial score (nSPS) is 12.6. The van der Waals surface area contributed by atoms with E-state index in [1.54, 1.807) is 6.92 Å². The zero-order valence-electron chi connectivity index (χ0n) is 20.2. The number of hydrogen-bond donors (Lipinski definition) is 1. The van der Waals surface area contributed by atoms with Crippen LogP contribution in [0.1, 0.15) is 37.8 Å². The number of sulfonamides is 1. The lowest BCUT2D eigenvalue weighted by atomic mass is 10.1. The van der Waals surface area contributed by atoms with Gasteiger partial charge in [0.05, 0.1) is 17.5 Å². The fourth-order valence-corrected chi connectivity index (χ4v) is 4.36. The van der Waals surface area contributed by atoms with Gasteiger partial charge in [-0.15, -0.1) is 0 Å². The number of nitrogens with one attached hydrogen (secondary N) is 1. The number of alkyl halides is 3. The molecule has 2 aromatic rings. The van der Waals surface area contributed by atoms with Crippen LogP contribution in [0.25, 0.3) is 0 Å². The van der Waals surface area contributed by atoms with Crippen LogP contribution in [0, 0.1) is 5.82 Å². The van der Waals surface area contributed by atoms with Crippen LogP contribution in [-0.2, 0) is 32.3 Å². The average molecular weight is 532 g/mol. The molecule has 0 bridgehead atoms. The first-order valence-electron chi connectivity index (χ1n) is 11.2. The van der Waals surface area contributed by atoms with Crippen LogP contribution in [0.5, 0.6) is 0 Å². The second-order valence-electron chi connectivity index (χ2n) is 8.18. The van der Waals surface area contributed by atoms with Crippen molar-refractivity contribution in [3.05, 3.63) is 65.5 Å². The van der Waals surface area contributed by atoms with Gasteiger partial charge in [-0.25, -0.2) is 12.8 Å². The Bertz CT molecular complexity index is 1150. The van der Waals surface area contributed by atoms with E-state index in [-0.39, 0.29) is 18.7 Å². The molecule has 12 heteroatoms. The second-order valence-corrected chi connectivity index (χ2v) is 10.1. The summed E-state index contributed by atoms with van der Waals surface area (Å²) in [5.74, 6) is -1.77. The minimum atomic E-state index is -4.72. The van der Waals surface area contributed by atoms with Gasteiger partial charge in [0.15, 0.2) is 0 Å². The van der Waals surface area contributed by atoms with Gasteiger partial charge in [-0.1, -0.05) is 32.0 Å². The molecule has 1 N–H and O–H groups in total. The molecule has 0 aromatic heterocycles. The van der Waals surface area contributed by atoms with Crippen LogP contribution in [0.2, 0.25) is 0 Å². The van der Waals surface area contributed by atoms with Crippen LogP contribution in [-0.4, -0.2) is 50.5 Å². The number of amides is 2. The molecular weight excluding hydrogens is 502 g/mol. The van der Waals surface area contributed by atoms with Crippen molar-refractivity contribution in [2.75, 3.05) is 23.7 Å². The van der Waals surface area contributed by atoms with Gasteiger partial charge in [0.25, 0.3) is 0 Å². The molecule has 1 atom stereocenters. The maximum absolute atomic E-state index is 13.4. The van der Waals surface area contributed by atoms with E-state index in [0.717, 1.165) is 29.4 Å². The molecule has 0 fully saturated rings. The van der Waals surface area contributed by atoms with E-state index < -0.39 is 52.0 Å². The highest BCUT2D eigenvalue weighted by Crippen LogP contribution is 2.32. The van der Waals surface area contributed by atoms with E-state index in [2.05, 4.69) is 5.32 Å². The Hall–Kier alpha value is -3.15. The van der Waals surface area contributed by atoms with Gasteiger partial charge in [0.1, 0.15) is 18.4 Å². The molecule has 0 aliphatic carbocycles. The predicted octanol–water partition coefficient (Wildman–Crippen LogP) is 3.94. The second kappa shape index (κ2) is 12.2. The molecule has 0 saturated heterocycles. The molecule has 0 saturated carbocycles. The van der Waals surface area contributed by atoms with Gasteiger partial charge in [0.2, 0.25) is 21.8 Å². The molecular formula is C24H29F4N3O4S. The van der Waals surface area contributed by atoms with Crippen LogP contribution >= 0.6 is 0 Å². The molecule has 0 radical (unpaired) electrons. The lowest BCUT2D eigenvalue weighted by molar-refractivity contribution is -0.140. The zero-order chi connectivity index (χ0) is 27.1. The fraction of sp³-hybridized carbons (Fsp3) is 0.417. The maximum Gasteiger partial charge on any atom is 0.416 e. The van der Waals surface area contributed by atoms with Crippen molar-refractivity contribution in [1.29, 1.82) is 0 Å². The number of benzene rings is 2. The van der Waals surface area contributed by atoms with Gasteiger partial charge in [0, 0.05) is 13.1 Å². The minimum absolute atomic E-state index is 0.142. The van der Waals surface area contributed by atoms with E-state index in [4.69, 9.17) is 0 Å². The van der Waals surface area contributed by atoms with E-state index in [1.165, 1.54) is 24.3 Å². The summed E-state index contributed by atoms with van der Waals surface area (Å²) in [5.41, 5.74) is -0.933. The largest absolute Gasteiger partial charge is 0.416 e. The Morgan fingerprint density at radius 3 is 2.22 bits per heavy atom. The number of halogens is 4. The first kappa shape index (κ1) is 29.1. The standard InChI is InChI=1S/C24H29F4N3O4S/c1-4-13-29-23(33)21(5-2)30(15-17-9-11-19(25)12-10-17)22(32)16-31(36(3,34)35)20-8-6-7-18(14-20)24(26,27)28/h6-12,14,21H,4-5,13,15-16H2,1-3H3,(H,29,33)/t21-/m0/s1. The molecule has 0 unspecified atom stereocenters. The van der Waals surface area contributed by atoms with Crippen molar-refractivity contribution >= 4 is 27.5 Å². The zero-order valence-corrected chi connectivity index (χ0v) is 21.0. The molecule has 2 amide bonds. The van der Waals surface area contributed by atoms with E-state index >= 15 is 0 Å². The smallest absolute Gasteiger partial charge is 0.354 e. The Morgan fingerprint density at radius 1 is 1.06 bits per heavy atom. The summed E-state index contributed by atoms with van der Waals surface area (Å²) in [4.78, 5) is 27.4. The molecule has 0 aliphatic rings. The highest BCUT2D eigenvalue weighted by atomic mass is 32.2. The summed E-state index contributed by atoms with van der Waals surface area (Å²) in [6.45, 7) is 2.90. The predicted molar refractivity (Wildman–Crippen MR) is 128 cm³/mol. The number of nitrogens with zero attached hydrogens (tertiary/aromatic N) is 2. The quantitative estimate of drug-likeness (QED) is 0.445. The molecule has 2 rings (SSSR count). The van der Waals surface area contributed by atoms with Crippen molar-refractivity contribution in [3.63, 3.8) is 0 Å². The van der Waals surface area contributed by atoms with Crippen LogP contribution < -0.4 is 9.62 Å². The summed E-state index contributed by atoms with van der Waals surface area (Å²) < 4.78 is 78.6. The Morgan fingerprint density at radius 2 is 1.69 bits per heavy atom. The summed E-state index contributed by atoms with van der Waals surface area (Å²) in [6, 6.07) is 7.85. The Kier molecular flexibility index (Phi) is 9.85. The fourth-order valence-electron chi connectivity index (χ4n) is 3.52. The molecule has 198 valence electrons. The van der Waals surface area contributed by atoms with E-state index in [9.17, 15) is 35.6 Å². The summed E-state index contributed by atoms with van der Waals surface area (Å²) in [6.07, 6.45) is -3.12. The van der Waals surface area contributed by atoms with Crippen molar-refractivity contribution in [3.8, 4) is 0 Å². The number of carbonyl (C=O) groups is 2. The van der Waals surface area contributed by atoms with E-state index in [0.29, 0.717) is 28.9 Å². The van der Waals surface area contributed by atoms with Crippen LogP contribution in [0.4, 0.5) is 23.2 Å². The van der Waals surface area contributed by atoms with Gasteiger partial charge < -0.3 is 10.2 Å². The average Bonchev–Trinajstić information content (AvgIpc) is 2.80. The number of rotatable bonds is 11. The SMILES string of the molecule is CCCNC(=O)[C@H](CC)N(Cc1ccc(F)cc1)C(=O)CN(c1cccc(C(F)(F)F)c1)S(C)(=O)=O. The highest BCUT2D eigenvalue weighted by Gasteiger charge is 2.34. The Labute approximate surface area is 208 Å². The summed E-state index contributed by atoms with van der Waals surface area (Å²) in [5, 5.41) is 2.70. The Balaban J connectivity index is 2.46. The van der Waals surface area contributed by atoms with E-state index in [1.807, 2.05) is 6.92 Å². The van der Waals surface area contributed by atoms with Gasteiger partial charge >= 0.3 is 6.18 Å². The van der Waals surface area contributed by atoms with Crippen LogP contribution in [0.15, 0.2) is 48.5 Å². The molecule has 2 aromatic carbocycles. The molecule has 0 aliphatic heterocycles. The topological polar surface area (TPSA) is 86.8 Å². The van der Waals surface area contributed by atoms with Gasteiger partial charge in [-0.2, -0.15) is 13.2 Å². The van der Waals surface area contributed by atoms with Gasteiger partial charge in [-0.3, -0.25) is 13.9 Å². The minimum Gasteiger partial charge on any atom is -0.354 e. The first-order chi connectivity index (χ1) is 16.8. The summed E-state index contributed by atoms with van der Waals surface area (Å²) in [7, 11) is -4.19. The lowest BCUT2D eigenvalue weighted by Crippen LogP contribution is -2.52. The van der Waals surface area contributed by atoms with Crippen molar-refractivity contribution in [2.24, 2.45) is 0 Å². The molecule has 0 spiro atoms. The summed E-state index contributed by atoms with van der Waals surface area (Å²) >= 11 is 0. The van der Waals surface area contributed by atoms with Crippen LogP contribution in [0.3, 0.4) is 0 Å². The highest BCUT2D eigenvalue weighted by molar-refractivity contribution is 7.92. The number of anilines is 1. The van der Waals surface area contributed by atoms with Crippen molar-refractivity contribution in [2.45, 2.75) is 45.5 Å².